The second kappa shape index (κ2) is 11.9. The highest BCUT2D eigenvalue weighted by atomic mass is 35.5. The number of benzene rings is 4. The van der Waals surface area contributed by atoms with Crippen LogP contribution in [0.5, 0.6) is 11.5 Å². The lowest BCUT2D eigenvalue weighted by Crippen LogP contribution is -2.15. The smallest absolute Gasteiger partial charge is 0.344 e. The summed E-state index contributed by atoms with van der Waals surface area (Å²) in [4.78, 5) is 25.3. The molecule has 0 aliphatic carbocycles. The molecular formula is C34H25ClN2O6. The van der Waals surface area contributed by atoms with Gasteiger partial charge in [0, 0.05) is 34.3 Å². The van der Waals surface area contributed by atoms with Crippen LogP contribution in [-0.4, -0.2) is 27.5 Å². The Bertz CT molecular complexity index is 1920. The van der Waals surface area contributed by atoms with Crippen LogP contribution in [0.1, 0.15) is 11.3 Å². The first-order chi connectivity index (χ1) is 20.8. The topological polar surface area (TPSA) is 104 Å². The average Bonchev–Trinajstić information content (AvgIpc) is 3.44. The molecule has 0 fully saturated rings. The van der Waals surface area contributed by atoms with Gasteiger partial charge in [-0.05, 0) is 37.3 Å². The van der Waals surface area contributed by atoms with Crippen molar-refractivity contribution >= 4 is 28.5 Å². The molecule has 0 atom stereocenters. The highest BCUT2D eigenvalue weighted by molar-refractivity contribution is 6.30. The van der Waals surface area contributed by atoms with Crippen LogP contribution in [0, 0.1) is 6.92 Å². The molecule has 9 heteroatoms. The highest BCUT2D eigenvalue weighted by Gasteiger charge is 2.16. The molecule has 6 aromatic rings. The van der Waals surface area contributed by atoms with Gasteiger partial charge in [-0.3, -0.25) is 4.79 Å². The zero-order valence-electron chi connectivity index (χ0n) is 23.0. The minimum Gasteiger partial charge on any atom is -0.507 e. The third-order valence-corrected chi connectivity index (χ3v) is 7.01. The van der Waals surface area contributed by atoms with Gasteiger partial charge in [0.1, 0.15) is 40.5 Å². The number of phenolic OH excluding ortho intramolecular Hbond substituents is 1. The molecule has 0 saturated heterocycles. The zero-order valence-corrected chi connectivity index (χ0v) is 23.7. The summed E-state index contributed by atoms with van der Waals surface area (Å²) in [5, 5.41) is 15.8. The van der Waals surface area contributed by atoms with E-state index in [2.05, 4.69) is 5.10 Å². The Kier molecular flexibility index (Phi) is 7.68. The molecule has 0 aliphatic rings. The summed E-state index contributed by atoms with van der Waals surface area (Å²) in [7, 11) is 0. The quantitative estimate of drug-likeness (QED) is 0.188. The summed E-state index contributed by atoms with van der Waals surface area (Å²) in [6, 6.07) is 30.4. The van der Waals surface area contributed by atoms with Crippen molar-refractivity contribution in [2.24, 2.45) is 0 Å². The number of esters is 1. The minimum atomic E-state index is -0.642. The average molecular weight is 593 g/mol. The number of fused-ring (bicyclic) bond motifs is 1. The molecule has 2 aromatic heterocycles. The van der Waals surface area contributed by atoms with Crippen LogP contribution in [0.2, 0.25) is 5.02 Å². The zero-order chi connectivity index (χ0) is 29.9. The number of aryl methyl sites for hydroxylation is 1. The van der Waals surface area contributed by atoms with Gasteiger partial charge in [-0.25, -0.2) is 9.48 Å². The van der Waals surface area contributed by atoms with Crippen LogP contribution >= 0.6 is 11.6 Å². The Morgan fingerprint density at radius 3 is 2.42 bits per heavy atom. The Morgan fingerprint density at radius 1 is 0.930 bits per heavy atom. The number of aromatic nitrogens is 2. The van der Waals surface area contributed by atoms with Crippen LogP contribution in [0.15, 0.2) is 112 Å². The molecule has 0 bridgehead atoms. The number of carbonyl (C=O) groups is 1. The Labute approximate surface area is 251 Å². The number of rotatable bonds is 8. The van der Waals surface area contributed by atoms with E-state index in [1.807, 2.05) is 79.7 Å². The summed E-state index contributed by atoms with van der Waals surface area (Å²) in [6.07, 6.45) is 0. The molecular weight excluding hydrogens is 568 g/mol. The van der Waals surface area contributed by atoms with E-state index in [-0.39, 0.29) is 29.1 Å². The first-order valence-electron chi connectivity index (χ1n) is 13.4. The number of halogens is 1. The van der Waals surface area contributed by atoms with Crippen molar-refractivity contribution in [1.82, 2.24) is 9.78 Å². The molecule has 0 spiro atoms. The van der Waals surface area contributed by atoms with Gasteiger partial charge in [0.15, 0.2) is 12.0 Å². The maximum Gasteiger partial charge on any atom is 0.344 e. The number of carbonyl (C=O) groups excluding carboxylic acids is 1. The fourth-order valence-corrected chi connectivity index (χ4v) is 4.75. The summed E-state index contributed by atoms with van der Waals surface area (Å²) in [5.74, 6) is -0.469. The summed E-state index contributed by atoms with van der Waals surface area (Å²) < 4.78 is 18.7. The molecule has 8 nitrogen and oxygen atoms in total. The molecule has 214 valence electrons. The monoisotopic (exact) mass is 592 g/mol. The van der Waals surface area contributed by atoms with Gasteiger partial charge in [-0.1, -0.05) is 71.8 Å². The van der Waals surface area contributed by atoms with E-state index in [9.17, 15) is 14.7 Å². The lowest BCUT2D eigenvalue weighted by atomic mass is 10.1. The van der Waals surface area contributed by atoms with E-state index in [0.717, 1.165) is 22.5 Å². The minimum absolute atomic E-state index is 0.0234. The molecule has 0 radical (unpaired) electrons. The number of phenols is 1. The van der Waals surface area contributed by atoms with E-state index in [0.29, 0.717) is 22.0 Å². The van der Waals surface area contributed by atoms with Crippen molar-refractivity contribution in [1.29, 1.82) is 0 Å². The molecule has 0 unspecified atom stereocenters. The van der Waals surface area contributed by atoms with Gasteiger partial charge >= 0.3 is 5.97 Å². The fourth-order valence-electron chi connectivity index (χ4n) is 4.62. The van der Waals surface area contributed by atoms with Gasteiger partial charge in [-0.15, -0.1) is 0 Å². The van der Waals surface area contributed by atoms with Crippen molar-refractivity contribution in [3.05, 3.63) is 130 Å². The van der Waals surface area contributed by atoms with Crippen molar-refractivity contribution in [3.63, 3.8) is 0 Å². The van der Waals surface area contributed by atoms with Gasteiger partial charge in [0.05, 0.1) is 11.4 Å². The number of nitrogens with zero attached hydrogens (tertiary/aromatic N) is 2. The third-order valence-electron chi connectivity index (χ3n) is 6.76. The lowest BCUT2D eigenvalue weighted by molar-refractivity contribution is -0.147. The predicted octanol–water partition coefficient (Wildman–Crippen LogP) is 7.10. The van der Waals surface area contributed by atoms with Gasteiger partial charge in [-0.2, -0.15) is 5.10 Å². The SMILES string of the molecule is Cc1ccc(-c2cc(COC(=O)COc3cc(O)c4c(=O)cc(-c5ccccc5)oc4c3)nn2-c2ccc(Cl)cc2)cc1. The number of ether oxygens (including phenoxy) is 2. The van der Waals surface area contributed by atoms with Gasteiger partial charge in [0.25, 0.3) is 0 Å². The number of hydrogen-bond donors (Lipinski definition) is 1. The maximum atomic E-state index is 12.7. The van der Waals surface area contributed by atoms with Crippen LogP contribution in [0.4, 0.5) is 0 Å². The Morgan fingerprint density at radius 2 is 1.67 bits per heavy atom. The second-order valence-corrected chi connectivity index (χ2v) is 10.3. The summed E-state index contributed by atoms with van der Waals surface area (Å²) in [5.41, 5.74) is 4.70. The molecule has 6 rings (SSSR count). The van der Waals surface area contributed by atoms with Crippen LogP contribution in [0.25, 0.3) is 39.2 Å². The molecule has 43 heavy (non-hydrogen) atoms. The normalized spacial score (nSPS) is 11.0. The highest BCUT2D eigenvalue weighted by Crippen LogP contribution is 2.31. The maximum absolute atomic E-state index is 12.7. The number of aromatic hydroxyl groups is 1. The molecule has 2 heterocycles. The van der Waals surface area contributed by atoms with Crippen LogP contribution in [0.3, 0.4) is 0 Å². The van der Waals surface area contributed by atoms with E-state index in [1.54, 1.807) is 16.8 Å². The van der Waals surface area contributed by atoms with Crippen molar-refractivity contribution in [3.8, 4) is 39.8 Å². The van der Waals surface area contributed by atoms with E-state index >= 15 is 0 Å². The summed E-state index contributed by atoms with van der Waals surface area (Å²) in [6.45, 7) is 1.50. The van der Waals surface area contributed by atoms with Gasteiger partial charge < -0.3 is 19.0 Å². The molecule has 0 amide bonds. The second-order valence-electron chi connectivity index (χ2n) is 9.88. The van der Waals surface area contributed by atoms with Crippen molar-refractivity contribution < 1.29 is 23.8 Å². The first kappa shape index (κ1) is 27.8. The number of hydrogen-bond acceptors (Lipinski definition) is 7. The Balaban J connectivity index is 1.17. The van der Waals surface area contributed by atoms with Crippen molar-refractivity contribution in [2.45, 2.75) is 13.5 Å². The standard InChI is InChI=1S/C34H25ClN2O6/c1-21-7-9-22(10-8-21)28-15-25(36-37(28)26-13-11-24(35)12-14-26)19-42-33(40)20-41-27-16-29(38)34-30(39)18-31(43-32(34)17-27)23-5-3-2-4-6-23/h2-18,38H,19-20H2,1H3. The largest absolute Gasteiger partial charge is 0.507 e. The lowest BCUT2D eigenvalue weighted by Gasteiger charge is -2.09. The molecule has 0 aliphatic heterocycles. The van der Waals surface area contributed by atoms with E-state index in [4.69, 9.17) is 25.5 Å². The fraction of sp³-hybridized carbons (Fsp3) is 0.0882. The van der Waals surface area contributed by atoms with E-state index in [1.165, 1.54) is 18.2 Å². The molecule has 0 saturated carbocycles. The molecule has 4 aromatic carbocycles. The first-order valence-corrected chi connectivity index (χ1v) is 13.8. The van der Waals surface area contributed by atoms with Crippen molar-refractivity contribution in [2.75, 3.05) is 6.61 Å². The van der Waals surface area contributed by atoms with Crippen LogP contribution in [-0.2, 0) is 16.1 Å². The predicted molar refractivity (Wildman–Crippen MR) is 164 cm³/mol. The molecule has 1 N–H and O–H groups in total. The summed E-state index contributed by atoms with van der Waals surface area (Å²) >= 11 is 6.08. The van der Waals surface area contributed by atoms with E-state index < -0.39 is 18.0 Å². The van der Waals surface area contributed by atoms with Crippen LogP contribution < -0.4 is 10.2 Å². The third kappa shape index (κ3) is 6.14. The Hall–Kier alpha value is -5.34. The van der Waals surface area contributed by atoms with Gasteiger partial charge in [0.2, 0.25) is 0 Å².